The van der Waals surface area contributed by atoms with Gasteiger partial charge in [-0.1, -0.05) is 0 Å². The van der Waals surface area contributed by atoms with E-state index in [4.69, 9.17) is 0 Å². The Morgan fingerprint density at radius 1 is 1.30 bits per heavy atom. The average molecular weight is 372 g/mol. The molecule has 1 unspecified atom stereocenters. The average Bonchev–Trinajstić information content (AvgIpc) is 3.19. The first-order chi connectivity index (χ1) is 12.8. The second-order valence-corrected chi connectivity index (χ2v) is 8.14. The first kappa shape index (κ1) is 17.9. The Hall–Kier alpha value is -2.44. The lowest BCUT2D eigenvalue weighted by Crippen LogP contribution is -2.52. The molecule has 0 N–H and O–H groups in total. The summed E-state index contributed by atoms with van der Waals surface area (Å²) in [5, 5.41) is 0. The first-order valence-electron chi connectivity index (χ1n) is 9.57. The van der Waals surface area contributed by atoms with E-state index in [9.17, 15) is 14.0 Å². The van der Waals surface area contributed by atoms with Crippen molar-refractivity contribution in [3.05, 3.63) is 35.5 Å². The van der Waals surface area contributed by atoms with E-state index in [1.807, 2.05) is 25.7 Å². The molecule has 0 radical (unpaired) electrons. The number of nitrogens with zero attached hydrogens (tertiary/aromatic N) is 4. The smallest absolute Gasteiger partial charge is 0.277 e. The van der Waals surface area contributed by atoms with Gasteiger partial charge in [-0.15, -0.1) is 0 Å². The Balaban J connectivity index is 1.60. The number of aromatic nitrogens is 2. The quantitative estimate of drug-likeness (QED) is 0.814. The molecule has 2 saturated heterocycles. The van der Waals surface area contributed by atoms with E-state index in [1.165, 1.54) is 4.40 Å². The van der Waals surface area contributed by atoms with E-state index in [0.717, 1.165) is 24.9 Å². The van der Waals surface area contributed by atoms with Gasteiger partial charge in [0.2, 0.25) is 11.9 Å². The van der Waals surface area contributed by atoms with Crippen LogP contribution in [-0.2, 0) is 4.79 Å². The minimum atomic E-state index is -0.644. The van der Waals surface area contributed by atoms with Gasteiger partial charge in [0.1, 0.15) is 5.65 Å². The summed E-state index contributed by atoms with van der Waals surface area (Å²) >= 11 is 0. The highest BCUT2D eigenvalue weighted by molar-refractivity contribution is 5.94. The van der Waals surface area contributed by atoms with Crippen LogP contribution < -0.4 is 0 Å². The lowest BCUT2D eigenvalue weighted by Gasteiger charge is -2.41. The number of imidazole rings is 1. The normalized spacial score (nSPS) is 23.2. The molecular formula is C20H25FN4O2. The fraction of sp³-hybridized carbons (Fsp3) is 0.550. The third-order valence-electron chi connectivity index (χ3n) is 5.96. The molecule has 0 bridgehead atoms. The van der Waals surface area contributed by atoms with Crippen LogP contribution in [-0.4, -0.2) is 56.7 Å². The zero-order valence-electron chi connectivity index (χ0n) is 16.0. The maximum Gasteiger partial charge on any atom is 0.277 e. The molecule has 2 amide bonds. The van der Waals surface area contributed by atoms with Gasteiger partial charge in [0.25, 0.3) is 5.91 Å². The third-order valence-corrected chi connectivity index (χ3v) is 5.96. The van der Waals surface area contributed by atoms with Crippen molar-refractivity contribution in [3.63, 3.8) is 0 Å². The highest BCUT2D eigenvalue weighted by Gasteiger charge is 2.50. The van der Waals surface area contributed by atoms with Gasteiger partial charge in [0.05, 0.1) is 5.41 Å². The van der Waals surface area contributed by atoms with Crippen molar-refractivity contribution in [2.24, 2.45) is 5.41 Å². The van der Waals surface area contributed by atoms with Crippen LogP contribution in [0.5, 0.6) is 0 Å². The largest absolute Gasteiger partial charge is 0.340 e. The zero-order valence-corrected chi connectivity index (χ0v) is 16.0. The van der Waals surface area contributed by atoms with Crippen molar-refractivity contribution in [2.75, 3.05) is 19.6 Å². The molecule has 2 aliphatic rings. The van der Waals surface area contributed by atoms with E-state index in [0.29, 0.717) is 25.2 Å². The minimum Gasteiger partial charge on any atom is -0.340 e. The number of hydrogen-bond donors (Lipinski definition) is 0. The topological polar surface area (TPSA) is 57.9 Å². The molecule has 0 aromatic carbocycles. The summed E-state index contributed by atoms with van der Waals surface area (Å²) in [6.07, 6.45) is 3.94. The standard InChI is InChI=1S/C20H25FN4O2/c1-13(2)24-8-4-6-20(19(24)27)7-10-23(12-20)18(26)16-17(21)25-9-5-14(3)11-15(25)22-16/h5,9,11,13H,4,6-8,10,12H2,1-3H3. The lowest BCUT2D eigenvalue weighted by atomic mass is 9.78. The Morgan fingerprint density at radius 3 is 2.81 bits per heavy atom. The van der Waals surface area contributed by atoms with Crippen molar-refractivity contribution in [3.8, 4) is 0 Å². The number of halogens is 1. The van der Waals surface area contributed by atoms with Crippen LogP contribution in [0.15, 0.2) is 18.3 Å². The van der Waals surface area contributed by atoms with Crippen LogP contribution >= 0.6 is 0 Å². The van der Waals surface area contributed by atoms with Crippen molar-refractivity contribution in [1.29, 1.82) is 0 Å². The first-order valence-corrected chi connectivity index (χ1v) is 9.57. The number of hydrogen-bond acceptors (Lipinski definition) is 3. The lowest BCUT2D eigenvalue weighted by molar-refractivity contribution is -0.147. The van der Waals surface area contributed by atoms with Gasteiger partial charge in [0, 0.05) is 31.9 Å². The number of amides is 2. The van der Waals surface area contributed by atoms with Gasteiger partial charge in [-0.2, -0.15) is 4.39 Å². The van der Waals surface area contributed by atoms with Gasteiger partial charge in [0.15, 0.2) is 5.69 Å². The molecule has 2 aromatic rings. The Morgan fingerprint density at radius 2 is 2.07 bits per heavy atom. The molecule has 2 fully saturated rings. The van der Waals surface area contributed by atoms with Crippen molar-refractivity contribution in [1.82, 2.24) is 19.2 Å². The summed E-state index contributed by atoms with van der Waals surface area (Å²) in [6, 6.07) is 3.67. The Bertz CT molecular complexity index is 922. The molecule has 1 atom stereocenters. The van der Waals surface area contributed by atoms with E-state index in [2.05, 4.69) is 4.98 Å². The number of piperidine rings is 1. The van der Waals surface area contributed by atoms with Crippen LogP contribution in [0.25, 0.3) is 5.65 Å². The minimum absolute atomic E-state index is 0.130. The summed E-state index contributed by atoms with van der Waals surface area (Å²) in [5.41, 5.74) is 0.684. The van der Waals surface area contributed by atoms with E-state index in [1.54, 1.807) is 23.2 Å². The summed E-state index contributed by atoms with van der Waals surface area (Å²) in [7, 11) is 0. The number of carbonyl (C=O) groups is 2. The van der Waals surface area contributed by atoms with Gasteiger partial charge < -0.3 is 9.80 Å². The molecule has 7 heteroatoms. The molecule has 4 rings (SSSR count). The number of aryl methyl sites for hydroxylation is 1. The fourth-order valence-corrected chi connectivity index (χ4v) is 4.42. The van der Waals surface area contributed by atoms with Crippen molar-refractivity contribution < 1.29 is 14.0 Å². The predicted octanol–water partition coefficient (Wildman–Crippen LogP) is 2.64. The third kappa shape index (κ3) is 2.80. The highest BCUT2D eigenvalue weighted by Crippen LogP contribution is 2.41. The molecule has 1 spiro atoms. The van der Waals surface area contributed by atoms with Gasteiger partial charge in [-0.3, -0.25) is 14.0 Å². The molecule has 6 nitrogen and oxygen atoms in total. The van der Waals surface area contributed by atoms with E-state index >= 15 is 0 Å². The summed E-state index contributed by atoms with van der Waals surface area (Å²) in [6.45, 7) is 7.51. The van der Waals surface area contributed by atoms with E-state index in [-0.39, 0.29) is 17.6 Å². The van der Waals surface area contributed by atoms with Crippen molar-refractivity contribution >= 4 is 17.5 Å². The van der Waals surface area contributed by atoms with Crippen LogP contribution in [0.4, 0.5) is 4.39 Å². The second-order valence-electron chi connectivity index (χ2n) is 8.14. The molecule has 0 saturated carbocycles. The summed E-state index contributed by atoms with van der Waals surface area (Å²) in [5.74, 6) is -0.944. The van der Waals surface area contributed by atoms with E-state index < -0.39 is 17.3 Å². The predicted molar refractivity (Wildman–Crippen MR) is 98.9 cm³/mol. The number of pyridine rings is 1. The van der Waals surface area contributed by atoms with Crippen LogP contribution in [0.3, 0.4) is 0 Å². The van der Waals surface area contributed by atoms with Gasteiger partial charge >= 0.3 is 0 Å². The van der Waals surface area contributed by atoms with Crippen LogP contribution in [0, 0.1) is 18.3 Å². The number of fused-ring (bicyclic) bond motifs is 1. The number of likely N-dealkylation sites (tertiary alicyclic amines) is 2. The molecule has 4 heterocycles. The SMILES string of the molecule is Cc1ccn2c(F)c(C(=O)N3CCC4(CCCN(C(C)C)C4=O)C3)nc2c1. The maximum absolute atomic E-state index is 14.7. The molecule has 2 aliphatic heterocycles. The maximum atomic E-state index is 14.7. The summed E-state index contributed by atoms with van der Waals surface area (Å²) in [4.78, 5) is 33.7. The highest BCUT2D eigenvalue weighted by atomic mass is 19.1. The number of rotatable bonds is 2. The summed E-state index contributed by atoms with van der Waals surface area (Å²) < 4.78 is 16.0. The zero-order chi connectivity index (χ0) is 19.3. The monoisotopic (exact) mass is 372 g/mol. The molecule has 2 aromatic heterocycles. The molecule has 0 aliphatic carbocycles. The molecule has 27 heavy (non-hydrogen) atoms. The Labute approximate surface area is 158 Å². The number of carbonyl (C=O) groups excluding carboxylic acids is 2. The molecular weight excluding hydrogens is 347 g/mol. The molecule has 144 valence electrons. The second kappa shape index (κ2) is 6.32. The van der Waals surface area contributed by atoms with Crippen LogP contribution in [0.2, 0.25) is 0 Å². The van der Waals surface area contributed by atoms with Gasteiger partial charge in [-0.25, -0.2) is 4.98 Å². The fourth-order valence-electron chi connectivity index (χ4n) is 4.42. The van der Waals surface area contributed by atoms with Crippen LogP contribution in [0.1, 0.15) is 49.2 Å². The van der Waals surface area contributed by atoms with Crippen molar-refractivity contribution in [2.45, 2.75) is 46.1 Å². The van der Waals surface area contributed by atoms with Gasteiger partial charge in [-0.05, 0) is 57.7 Å². The Kier molecular flexibility index (Phi) is 4.20.